The van der Waals surface area contributed by atoms with Gasteiger partial charge in [-0.3, -0.25) is 4.79 Å². The number of carboxylic acid groups (broad SMARTS) is 1. The summed E-state index contributed by atoms with van der Waals surface area (Å²) in [6.45, 7) is 7.60. The Labute approximate surface area is 159 Å². The molecule has 0 saturated heterocycles. The SMILES string of the molecule is CCOC(=O)C=Cc1ccc(CN(CCC(=O)O)C(=O)OC(C)(C)C)cc1. The fraction of sp³-hybridized carbons (Fsp3) is 0.450. The molecular weight excluding hydrogens is 350 g/mol. The van der Waals surface area contributed by atoms with E-state index in [9.17, 15) is 14.4 Å². The molecule has 1 aromatic rings. The molecule has 1 rings (SSSR count). The van der Waals surface area contributed by atoms with Crippen LogP contribution in [0.25, 0.3) is 6.08 Å². The molecule has 0 unspecified atom stereocenters. The Morgan fingerprint density at radius 1 is 1.15 bits per heavy atom. The summed E-state index contributed by atoms with van der Waals surface area (Å²) in [5.41, 5.74) is 0.959. The average Bonchev–Trinajstić information content (AvgIpc) is 2.56. The number of ether oxygens (including phenoxy) is 2. The fourth-order valence-electron chi connectivity index (χ4n) is 2.10. The van der Waals surface area contributed by atoms with Crippen molar-refractivity contribution in [2.75, 3.05) is 13.2 Å². The second-order valence-corrected chi connectivity index (χ2v) is 6.87. The number of carbonyl (C=O) groups excluding carboxylic acids is 2. The van der Waals surface area contributed by atoms with E-state index in [-0.39, 0.29) is 19.5 Å². The van der Waals surface area contributed by atoms with Crippen molar-refractivity contribution in [3.8, 4) is 0 Å². The second-order valence-electron chi connectivity index (χ2n) is 6.87. The predicted molar refractivity (Wildman–Crippen MR) is 101 cm³/mol. The zero-order chi connectivity index (χ0) is 20.4. The lowest BCUT2D eigenvalue weighted by Gasteiger charge is -2.27. The molecule has 0 bridgehead atoms. The van der Waals surface area contributed by atoms with Crippen LogP contribution in [0, 0.1) is 0 Å². The van der Waals surface area contributed by atoms with Crippen LogP contribution in [0.1, 0.15) is 45.2 Å². The minimum absolute atomic E-state index is 0.0504. The van der Waals surface area contributed by atoms with Gasteiger partial charge in [-0.1, -0.05) is 24.3 Å². The zero-order valence-corrected chi connectivity index (χ0v) is 16.2. The van der Waals surface area contributed by atoms with Crippen LogP contribution < -0.4 is 0 Å². The third kappa shape index (κ3) is 9.44. The number of benzene rings is 1. The number of rotatable bonds is 8. The van der Waals surface area contributed by atoms with Gasteiger partial charge in [-0.25, -0.2) is 9.59 Å². The Balaban J connectivity index is 2.80. The molecule has 0 aliphatic heterocycles. The highest BCUT2D eigenvalue weighted by molar-refractivity contribution is 5.87. The third-order valence-corrected chi connectivity index (χ3v) is 3.30. The van der Waals surface area contributed by atoms with Crippen molar-refractivity contribution in [3.05, 3.63) is 41.5 Å². The summed E-state index contributed by atoms with van der Waals surface area (Å²) in [4.78, 5) is 35.9. The van der Waals surface area contributed by atoms with Gasteiger partial charge in [-0.05, 0) is 44.9 Å². The molecular formula is C20H27NO6. The van der Waals surface area contributed by atoms with Gasteiger partial charge in [0.05, 0.1) is 13.0 Å². The molecule has 0 aliphatic carbocycles. The van der Waals surface area contributed by atoms with Crippen LogP contribution in [0.2, 0.25) is 0 Å². The number of nitrogens with zero attached hydrogens (tertiary/aromatic N) is 1. The molecule has 1 N–H and O–H groups in total. The summed E-state index contributed by atoms with van der Waals surface area (Å²) in [5, 5.41) is 8.90. The van der Waals surface area contributed by atoms with Crippen molar-refractivity contribution < 1.29 is 29.0 Å². The largest absolute Gasteiger partial charge is 0.481 e. The second kappa shape index (κ2) is 10.4. The maximum atomic E-state index is 12.3. The van der Waals surface area contributed by atoms with Crippen LogP contribution in [0.15, 0.2) is 30.3 Å². The molecule has 0 heterocycles. The van der Waals surface area contributed by atoms with Gasteiger partial charge in [0.2, 0.25) is 0 Å². The van der Waals surface area contributed by atoms with Crippen molar-refractivity contribution in [1.29, 1.82) is 0 Å². The molecule has 7 nitrogen and oxygen atoms in total. The minimum Gasteiger partial charge on any atom is -0.481 e. The molecule has 0 aliphatic rings. The van der Waals surface area contributed by atoms with Crippen LogP contribution in [0.4, 0.5) is 4.79 Å². The lowest BCUT2D eigenvalue weighted by atomic mass is 10.1. The van der Waals surface area contributed by atoms with Gasteiger partial charge in [0, 0.05) is 19.2 Å². The van der Waals surface area contributed by atoms with Crippen LogP contribution in [0.5, 0.6) is 0 Å². The first-order chi connectivity index (χ1) is 12.6. The Morgan fingerprint density at radius 2 is 1.78 bits per heavy atom. The van der Waals surface area contributed by atoms with Gasteiger partial charge < -0.3 is 19.5 Å². The van der Waals surface area contributed by atoms with Gasteiger partial charge in [0.15, 0.2) is 0 Å². The molecule has 7 heteroatoms. The molecule has 0 aromatic heterocycles. The minimum atomic E-state index is -0.983. The molecule has 27 heavy (non-hydrogen) atoms. The number of hydrogen-bond acceptors (Lipinski definition) is 5. The normalized spacial score (nSPS) is 11.3. The highest BCUT2D eigenvalue weighted by atomic mass is 16.6. The standard InChI is InChI=1S/C20H27NO6/c1-5-26-18(24)11-10-15-6-8-16(9-7-15)14-21(13-12-17(22)23)19(25)27-20(2,3)4/h6-11H,5,12-14H2,1-4H3,(H,22,23). The Kier molecular flexibility index (Phi) is 8.51. The van der Waals surface area contributed by atoms with Crippen molar-refractivity contribution in [2.24, 2.45) is 0 Å². The highest BCUT2D eigenvalue weighted by Gasteiger charge is 2.22. The first-order valence-electron chi connectivity index (χ1n) is 8.74. The van der Waals surface area contributed by atoms with Gasteiger partial charge in [0.25, 0.3) is 0 Å². The number of hydrogen-bond donors (Lipinski definition) is 1. The Bertz CT molecular complexity index is 673. The third-order valence-electron chi connectivity index (χ3n) is 3.30. The maximum Gasteiger partial charge on any atom is 0.410 e. The smallest absolute Gasteiger partial charge is 0.410 e. The summed E-state index contributed by atoms with van der Waals surface area (Å²) in [7, 11) is 0. The summed E-state index contributed by atoms with van der Waals surface area (Å²) in [6.07, 6.45) is 2.26. The van der Waals surface area contributed by atoms with E-state index in [1.165, 1.54) is 11.0 Å². The number of esters is 1. The molecule has 0 fully saturated rings. The molecule has 148 valence electrons. The first-order valence-corrected chi connectivity index (χ1v) is 8.74. The zero-order valence-electron chi connectivity index (χ0n) is 16.2. The van der Waals surface area contributed by atoms with Crippen LogP contribution in [-0.2, 0) is 25.6 Å². The average molecular weight is 377 g/mol. The number of carbonyl (C=O) groups is 3. The van der Waals surface area contributed by atoms with E-state index in [0.717, 1.165) is 11.1 Å². The molecule has 0 radical (unpaired) electrons. The van der Waals surface area contributed by atoms with E-state index >= 15 is 0 Å². The van der Waals surface area contributed by atoms with Gasteiger partial charge in [-0.2, -0.15) is 0 Å². The number of carboxylic acids is 1. The highest BCUT2D eigenvalue weighted by Crippen LogP contribution is 2.14. The Morgan fingerprint density at radius 3 is 2.30 bits per heavy atom. The topological polar surface area (TPSA) is 93.1 Å². The fourth-order valence-corrected chi connectivity index (χ4v) is 2.10. The summed E-state index contributed by atoms with van der Waals surface area (Å²) in [5.74, 6) is -1.39. The first kappa shape index (κ1) is 22.2. The van der Waals surface area contributed by atoms with Gasteiger partial charge >= 0.3 is 18.0 Å². The van der Waals surface area contributed by atoms with Crippen LogP contribution in [-0.4, -0.2) is 46.8 Å². The number of amides is 1. The summed E-state index contributed by atoms with van der Waals surface area (Å²) in [6, 6.07) is 7.22. The molecule has 0 saturated carbocycles. The van der Waals surface area contributed by atoms with Crippen LogP contribution >= 0.6 is 0 Å². The monoisotopic (exact) mass is 377 g/mol. The predicted octanol–water partition coefficient (Wildman–Crippen LogP) is 3.47. The van der Waals surface area contributed by atoms with Gasteiger partial charge in [-0.15, -0.1) is 0 Å². The van der Waals surface area contributed by atoms with Crippen molar-refractivity contribution in [3.63, 3.8) is 0 Å². The van der Waals surface area contributed by atoms with E-state index < -0.39 is 23.6 Å². The van der Waals surface area contributed by atoms with Crippen molar-refractivity contribution in [1.82, 2.24) is 4.90 Å². The summed E-state index contributed by atoms with van der Waals surface area (Å²) < 4.78 is 10.2. The van der Waals surface area contributed by atoms with E-state index in [2.05, 4.69) is 0 Å². The lowest BCUT2D eigenvalue weighted by molar-refractivity contribution is -0.138. The maximum absolute atomic E-state index is 12.3. The molecule has 1 aromatic carbocycles. The van der Waals surface area contributed by atoms with E-state index in [1.807, 2.05) is 12.1 Å². The lowest BCUT2D eigenvalue weighted by Crippen LogP contribution is -2.37. The van der Waals surface area contributed by atoms with Crippen molar-refractivity contribution in [2.45, 2.75) is 46.3 Å². The molecule has 0 spiro atoms. The van der Waals surface area contributed by atoms with Gasteiger partial charge in [0.1, 0.15) is 5.60 Å². The van der Waals surface area contributed by atoms with E-state index in [4.69, 9.17) is 14.6 Å². The van der Waals surface area contributed by atoms with Crippen molar-refractivity contribution >= 4 is 24.1 Å². The quantitative estimate of drug-likeness (QED) is 0.551. The van der Waals surface area contributed by atoms with Crippen LogP contribution in [0.3, 0.4) is 0 Å². The number of aliphatic carboxylic acids is 1. The molecule has 0 atom stereocenters. The van der Waals surface area contributed by atoms with E-state index in [1.54, 1.807) is 45.9 Å². The summed E-state index contributed by atoms with van der Waals surface area (Å²) >= 11 is 0. The Hall–Kier alpha value is -2.83. The molecule has 1 amide bonds. The van der Waals surface area contributed by atoms with E-state index in [0.29, 0.717) is 6.61 Å².